The van der Waals surface area contributed by atoms with E-state index < -0.39 is 23.8 Å². The van der Waals surface area contributed by atoms with Gasteiger partial charge in [-0.2, -0.15) is 0 Å². The van der Waals surface area contributed by atoms with E-state index >= 15 is 0 Å². The van der Waals surface area contributed by atoms with Crippen molar-refractivity contribution in [1.82, 2.24) is 53.1 Å². The van der Waals surface area contributed by atoms with Gasteiger partial charge in [-0.05, 0) is 198 Å². The Bertz CT molecular complexity index is 8440. The van der Waals surface area contributed by atoms with Gasteiger partial charge in [0.2, 0.25) is 0 Å². The van der Waals surface area contributed by atoms with Gasteiger partial charge >= 0.3 is 51.2 Å². The van der Waals surface area contributed by atoms with Crippen LogP contribution >= 0.6 is 23.8 Å². The van der Waals surface area contributed by atoms with E-state index in [2.05, 4.69) is 398 Å². The minimum atomic E-state index is -0.962. The van der Waals surface area contributed by atoms with Crippen LogP contribution in [0.3, 0.4) is 0 Å². The number of fused-ring (bicyclic) bond motifs is 30. The number of benzene rings is 17. The molecular formula is C108H74N11P3Se3. The van der Waals surface area contributed by atoms with E-state index in [0.717, 1.165) is 88.2 Å². The largest absolute Gasteiger partial charge is 0.292 e. The molecule has 0 spiro atoms. The Morgan fingerprint density at radius 3 is 1.09 bits per heavy atom. The minimum Gasteiger partial charge on any atom is -0.292 e. The van der Waals surface area contributed by atoms with Crippen LogP contribution in [0.2, 0.25) is 0 Å². The SMILES string of the molecule is [SeH2].[SeH2].[SeH2].c1ccc(P(c2ccc3c(c2)nc2c4ccccc4c4ccccc4n32)c2ncc3ccccc3n2)cc1.c1ccc2c(c1)c1ccccc1n1c3ccc(P(c4ccncc4)c4ccc5cncnc5c4)cc3nc21.c1ccc2cc(P(c3ccc4c(c3)nc3c5ccccc5c5ccccc5n43)c3ccc4ccc5ccccc5c4c3)ccc2c1. The molecular weight excluding hydrogens is 1780 g/mol. The van der Waals surface area contributed by atoms with Gasteiger partial charge in [-0.15, -0.1) is 0 Å². The van der Waals surface area contributed by atoms with Gasteiger partial charge < -0.3 is 0 Å². The summed E-state index contributed by atoms with van der Waals surface area (Å²) in [5, 5.41) is 30.8. The molecule has 125 heavy (non-hydrogen) atoms. The monoisotopic (exact) mass is 1860 g/mol. The van der Waals surface area contributed by atoms with E-state index in [4.69, 9.17) is 24.9 Å². The van der Waals surface area contributed by atoms with Crippen molar-refractivity contribution in [3.05, 3.63) is 413 Å². The number of hydrogen-bond donors (Lipinski definition) is 0. The van der Waals surface area contributed by atoms with Crippen LogP contribution in [-0.2, 0) is 0 Å². The molecule has 0 radical (unpaired) electrons. The predicted molar refractivity (Wildman–Crippen MR) is 541 cm³/mol. The van der Waals surface area contributed by atoms with Gasteiger partial charge in [0, 0.05) is 75.8 Å². The summed E-state index contributed by atoms with van der Waals surface area (Å²) in [4.78, 5) is 38.6. The van der Waals surface area contributed by atoms with Gasteiger partial charge in [-0.3, -0.25) is 18.2 Å². The molecule has 0 aliphatic carbocycles. The molecule has 3 atom stereocenters. The van der Waals surface area contributed by atoms with Crippen LogP contribution in [0.1, 0.15) is 0 Å². The Kier molecular flexibility index (Phi) is 20.8. The number of hydrogen-bond acceptors (Lipinski definition) is 8. The summed E-state index contributed by atoms with van der Waals surface area (Å²) >= 11 is 0. The van der Waals surface area contributed by atoms with Gasteiger partial charge in [0.15, 0.2) is 5.57 Å². The van der Waals surface area contributed by atoms with Crippen LogP contribution in [0, 0.1) is 0 Å². The molecule has 0 amide bonds. The van der Waals surface area contributed by atoms with Crippen LogP contribution in [-0.4, -0.2) is 104 Å². The molecule has 9 aromatic heterocycles. The minimum absolute atomic E-state index is 0. The molecule has 17 aromatic carbocycles. The van der Waals surface area contributed by atoms with Crippen molar-refractivity contribution in [2.24, 2.45) is 0 Å². The van der Waals surface area contributed by atoms with Crippen molar-refractivity contribution in [1.29, 1.82) is 0 Å². The first-order chi connectivity index (χ1) is 60.5. The first-order valence-corrected chi connectivity index (χ1v) is 44.9. The maximum absolute atomic E-state index is 5.34. The van der Waals surface area contributed by atoms with Crippen molar-refractivity contribution in [2.75, 3.05) is 0 Å². The normalized spacial score (nSPS) is 12.4. The second kappa shape index (κ2) is 33.0. The molecule has 0 bridgehead atoms. The molecule has 26 aromatic rings. The number of aromatic nitrogens is 11. The van der Waals surface area contributed by atoms with Crippen molar-refractivity contribution in [3.63, 3.8) is 0 Å². The van der Waals surface area contributed by atoms with Crippen LogP contribution in [0.5, 0.6) is 0 Å². The van der Waals surface area contributed by atoms with E-state index in [-0.39, 0.29) is 51.2 Å². The zero-order valence-electron chi connectivity index (χ0n) is 67.0. The second-order valence-electron chi connectivity index (χ2n) is 30.8. The van der Waals surface area contributed by atoms with Gasteiger partial charge in [-0.25, -0.2) is 34.9 Å². The zero-order valence-corrected chi connectivity index (χ0v) is 76.0. The molecule has 0 aliphatic rings. The van der Waals surface area contributed by atoms with E-state index in [0.29, 0.717) is 0 Å². The Balaban J connectivity index is 0.000000114. The molecule has 0 N–H and O–H groups in total. The van der Waals surface area contributed by atoms with Crippen LogP contribution in [0.25, 0.3) is 169 Å². The zero-order chi connectivity index (χ0) is 80.3. The van der Waals surface area contributed by atoms with E-state index in [1.165, 1.54) is 129 Å². The fraction of sp³-hybridized carbons (Fsp3) is 0. The fourth-order valence-electron chi connectivity index (χ4n) is 18.3. The van der Waals surface area contributed by atoms with Gasteiger partial charge in [0.1, 0.15) is 23.3 Å². The van der Waals surface area contributed by atoms with Gasteiger partial charge in [0.05, 0.1) is 60.7 Å². The molecule has 594 valence electrons. The van der Waals surface area contributed by atoms with Crippen LogP contribution in [0.15, 0.2) is 413 Å². The van der Waals surface area contributed by atoms with Crippen molar-refractivity contribution >= 4 is 292 Å². The molecule has 0 saturated carbocycles. The topological polar surface area (TPSA) is 116 Å². The molecule has 17 heteroatoms. The predicted octanol–water partition coefficient (Wildman–Crippen LogP) is 19.6. The smallest absolute Gasteiger partial charge is 0.160 e. The second-order valence-corrected chi connectivity index (χ2v) is 37.3. The van der Waals surface area contributed by atoms with Crippen molar-refractivity contribution < 1.29 is 0 Å². The average Bonchev–Trinajstić information content (AvgIpc) is 1.60. The van der Waals surface area contributed by atoms with Crippen LogP contribution in [0.4, 0.5) is 0 Å². The molecule has 11 nitrogen and oxygen atoms in total. The van der Waals surface area contributed by atoms with Gasteiger partial charge in [-0.1, -0.05) is 291 Å². The third kappa shape index (κ3) is 13.7. The first kappa shape index (κ1) is 78.8. The number of rotatable bonds is 9. The maximum Gasteiger partial charge on any atom is 0.160 e. The summed E-state index contributed by atoms with van der Waals surface area (Å²) in [5.74, 6) is 0. The van der Waals surface area contributed by atoms with E-state index in [1.54, 1.807) is 6.33 Å². The Morgan fingerprint density at radius 2 is 0.552 bits per heavy atom. The molecule has 0 aliphatic heterocycles. The Morgan fingerprint density at radius 1 is 0.192 bits per heavy atom. The Labute approximate surface area is 752 Å². The average molecular weight is 1860 g/mol. The van der Waals surface area contributed by atoms with Gasteiger partial charge in [0.25, 0.3) is 0 Å². The molecule has 3 unspecified atom stereocenters. The third-order valence-electron chi connectivity index (χ3n) is 23.8. The quantitative estimate of drug-likeness (QED) is 0.0797. The van der Waals surface area contributed by atoms with Crippen LogP contribution < -0.4 is 48.0 Å². The van der Waals surface area contributed by atoms with E-state index in [1.807, 2.05) is 36.9 Å². The summed E-state index contributed by atoms with van der Waals surface area (Å²) in [5.41, 5.74) is 15.6. The summed E-state index contributed by atoms with van der Waals surface area (Å²) in [6.07, 6.45) is 9.15. The fourth-order valence-corrected chi connectivity index (χ4v) is 25.0. The van der Waals surface area contributed by atoms with Crippen molar-refractivity contribution in [3.8, 4) is 0 Å². The number of nitrogens with zero attached hydrogens (tertiary/aromatic N) is 11. The molecule has 9 heterocycles. The molecule has 26 rings (SSSR count). The summed E-state index contributed by atoms with van der Waals surface area (Å²) in [7, 11) is -2.67. The number of imidazole rings is 3. The summed E-state index contributed by atoms with van der Waals surface area (Å²) < 4.78 is 6.95. The standard InChI is InChI=1S/C43H27N2P.C33H21N4P.C32H20N5P.3H2Se/c1-2-11-31-25-32(21-19-28(31)9-1)46(33-22-20-30-18-17-29-10-3-4-12-35(29)39(30)26-33)34-23-24-42-40(27-34)44-43-38-15-6-5-13-36(38)37-14-7-8-16-41(37)45(42)43;1-2-11-23(12-3-1)38(33-34-21-22-10-4-8-16-28(22)36-33)24-18-19-31-29(20-24)35-32-27-15-6-5-13-25(27)26-14-7-9-17-30(26)37(31)32;1-2-7-27-25(5-1)26-6-3-4-8-30(26)37-31-12-11-24(18-29(31)36-32(27)37)38(22-13-15-33-16-14-22)23-10-9-21-19-34-20-35-28(21)17-23;;;/h1-27H;1-21H;1-20H;3*1H2. The maximum atomic E-state index is 5.34. The summed E-state index contributed by atoms with van der Waals surface area (Å²) in [6, 6.07) is 137. The molecule has 0 fully saturated rings. The number of para-hydroxylation sites is 4. The summed E-state index contributed by atoms with van der Waals surface area (Å²) in [6.45, 7) is 0. The first-order valence-electron chi connectivity index (χ1n) is 40.8. The number of pyridine rings is 4. The molecule has 0 saturated heterocycles. The van der Waals surface area contributed by atoms with Crippen molar-refractivity contribution in [2.45, 2.75) is 0 Å². The Hall–Kier alpha value is -13.4. The van der Waals surface area contributed by atoms with E-state index in [9.17, 15) is 0 Å². The third-order valence-corrected chi connectivity index (χ3v) is 30.9.